The molecule has 24 heavy (non-hydrogen) atoms. The van der Waals surface area contributed by atoms with Crippen LogP contribution >= 0.6 is 34.8 Å². The summed E-state index contributed by atoms with van der Waals surface area (Å²) in [6.07, 6.45) is 2.87. The Labute approximate surface area is 154 Å². The zero-order chi connectivity index (χ0) is 17.7. The van der Waals surface area contributed by atoms with Crippen LogP contribution in [0.4, 0.5) is 5.69 Å². The second-order valence-electron chi connectivity index (χ2n) is 4.64. The number of anilines is 1. The fourth-order valence-corrected chi connectivity index (χ4v) is 2.72. The number of nitrogens with one attached hydrogen (secondary N) is 1. The normalized spacial score (nSPS) is 10.7. The van der Waals surface area contributed by atoms with E-state index in [0.29, 0.717) is 37.8 Å². The molecule has 0 aliphatic rings. The van der Waals surface area contributed by atoms with Crippen molar-refractivity contribution < 1.29 is 14.3 Å². The van der Waals surface area contributed by atoms with Gasteiger partial charge in [0.25, 0.3) is 0 Å². The number of rotatable bonds is 5. The molecule has 2 aromatic rings. The van der Waals surface area contributed by atoms with Gasteiger partial charge in [-0.3, -0.25) is 4.79 Å². The van der Waals surface area contributed by atoms with Gasteiger partial charge in [-0.15, -0.1) is 0 Å². The molecule has 1 amide bonds. The quantitative estimate of drug-likeness (QED) is 0.708. The maximum absolute atomic E-state index is 12.1. The van der Waals surface area contributed by atoms with E-state index >= 15 is 0 Å². The fraction of sp³-hybridized carbons (Fsp3) is 0.118. The number of ether oxygens (including phenoxy) is 2. The van der Waals surface area contributed by atoms with E-state index in [9.17, 15) is 4.79 Å². The van der Waals surface area contributed by atoms with Gasteiger partial charge in [0, 0.05) is 33.8 Å². The Morgan fingerprint density at radius 1 is 1.00 bits per heavy atom. The molecule has 0 saturated carbocycles. The predicted molar refractivity (Wildman–Crippen MR) is 98.7 cm³/mol. The number of hydrogen-bond donors (Lipinski definition) is 1. The van der Waals surface area contributed by atoms with Gasteiger partial charge in [-0.05, 0) is 18.2 Å². The lowest BCUT2D eigenvalue weighted by Crippen LogP contribution is -2.09. The van der Waals surface area contributed by atoms with Crippen LogP contribution in [0.3, 0.4) is 0 Å². The Bertz CT molecular complexity index is 771. The summed E-state index contributed by atoms with van der Waals surface area (Å²) in [4.78, 5) is 12.1. The Morgan fingerprint density at radius 2 is 1.62 bits per heavy atom. The van der Waals surface area contributed by atoms with E-state index in [1.807, 2.05) is 0 Å². The highest BCUT2D eigenvalue weighted by molar-refractivity contribution is 6.37. The second kappa shape index (κ2) is 8.29. The average molecular weight is 387 g/mol. The molecule has 0 fully saturated rings. The summed E-state index contributed by atoms with van der Waals surface area (Å²) in [5.41, 5.74) is 0.996. The fourth-order valence-electron chi connectivity index (χ4n) is 1.96. The van der Waals surface area contributed by atoms with Gasteiger partial charge in [-0.1, -0.05) is 40.9 Å². The molecule has 7 heteroatoms. The summed E-state index contributed by atoms with van der Waals surface area (Å²) < 4.78 is 10.3. The van der Waals surface area contributed by atoms with Crippen molar-refractivity contribution in [2.45, 2.75) is 0 Å². The number of methoxy groups -OCH3 is 2. The molecule has 0 saturated heterocycles. The van der Waals surface area contributed by atoms with Gasteiger partial charge in [0.2, 0.25) is 5.91 Å². The molecule has 0 aromatic heterocycles. The molecule has 0 aliphatic heterocycles. The first-order chi connectivity index (χ1) is 11.5. The highest BCUT2D eigenvalue weighted by Gasteiger charge is 2.11. The zero-order valence-electron chi connectivity index (χ0n) is 12.9. The molecular formula is C17H14Cl3NO3. The van der Waals surface area contributed by atoms with Crippen molar-refractivity contribution in [3.63, 3.8) is 0 Å². The monoisotopic (exact) mass is 385 g/mol. The standard InChI is InChI=1S/C17H14Cl3NO3/c1-23-15-9-14(16(24-2)8-13(15)20)21-17(22)7-6-10-11(18)4-3-5-12(10)19/h3-9H,1-2H3,(H,21,22)/b7-6+. The van der Waals surface area contributed by atoms with Crippen molar-refractivity contribution >= 4 is 52.5 Å². The molecule has 2 aromatic carbocycles. The topological polar surface area (TPSA) is 47.6 Å². The summed E-state index contributed by atoms with van der Waals surface area (Å²) in [6, 6.07) is 8.25. The summed E-state index contributed by atoms with van der Waals surface area (Å²) in [5.74, 6) is 0.456. The molecule has 0 unspecified atom stereocenters. The number of hydrogen-bond acceptors (Lipinski definition) is 3. The van der Waals surface area contributed by atoms with Gasteiger partial charge in [-0.25, -0.2) is 0 Å². The van der Waals surface area contributed by atoms with E-state index in [2.05, 4.69) is 5.32 Å². The summed E-state index contributed by atoms with van der Waals surface area (Å²) >= 11 is 18.2. The molecule has 0 aliphatic carbocycles. The minimum Gasteiger partial charge on any atom is -0.495 e. The summed E-state index contributed by atoms with van der Waals surface area (Å²) in [5, 5.41) is 3.99. The maximum atomic E-state index is 12.1. The van der Waals surface area contributed by atoms with Crippen LogP contribution in [-0.4, -0.2) is 20.1 Å². The van der Waals surface area contributed by atoms with Crippen LogP contribution in [0.5, 0.6) is 11.5 Å². The van der Waals surface area contributed by atoms with Gasteiger partial charge in [-0.2, -0.15) is 0 Å². The van der Waals surface area contributed by atoms with Crippen molar-refractivity contribution in [3.05, 3.63) is 57.0 Å². The molecule has 0 radical (unpaired) electrons. The lowest BCUT2D eigenvalue weighted by molar-refractivity contribution is -0.111. The molecule has 0 bridgehead atoms. The third-order valence-corrected chi connectivity index (χ3v) is 4.09. The Hall–Kier alpha value is -1.88. The molecule has 1 N–H and O–H groups in total. The first-order valence-corrected chi connectivity index (χ1v) is 7.94. The first-order valence-electron chi connectivity index (χ1n) is 6.81. The molecule has 2 rings (SSSR count). The van der Waals surface area contributed by atoms with E-state index in [1.54, 1.807) is 36.4 Å². The zero-order valence-corrected chi connectivity index (χ0v) is 15.2. The van der Waals surface area contributed by atoms with Crippen molar-refractivity contribution in [2.24, 2.45) is 0 Å². The van der Waals surface area contributed by atoms with Gasteiger partial charge in [0.15, 0.2) is 0 Å². The molecule has 0 spiro atoms. The van der Waals surface area contributed by atoms with Crippen LogP contribution in [-0.2, 0) is 4.79 Å². The van der Waals surface area contributed by atoms with Crippen LogP contribution in [0, 0.1) is 0 Å². The van der Waals surface area contributed by atoms with Crippen LogP contribution in [0.2, 0.25) is 15.1 Å². The largest absolute Gasteiger partial charge is 0.495 e. The summed E-state index contributed by atoms with van der Waals surface area (Å²) in [6.45, 7) is 0. The van der Waals surface area contributed by atoms with E-state index in [4.69, 9.17) is 44.3 Å². The highest BCUT2D eigenvalue weighted by Crippen LogP contribution is 2.36. The van der Waals surface area contributed by atoms with Crippen molar-refractivity contribution in [3.8, 4) is 11.5 Å². The van der Waals surface area contributed by atoms with Crippen LogP contribution in [0.15, 0.2) is 36.4 Å². The summed E-state index contributed by atoms with van der Waals surface area (Å²) in [7, 11) is 2.96. The maximum Gasteiger partial charge on any atom is 0.248 e. The molecule has 0 atom stereocenters. The van der Waals surface area contributed by atoms with E-state index in [1.165, 1.54) is 20.3 Å². The van der Waals surface area contributed by atoms with E-state index in [0.717, 1.165) is 0 Å². The molecule has 126 valence electrons. The number of carbonyl (C=O) groups excluding carboxylic acids is 1. The predicted octanol–water partition coefficient (Wildman–Crippen LogP) is 5.32. The third kappa shape index (κ3) is 4.35. The van der Waals surface area contributed by atoms with Crippen molar-refractivity contribution in [1.29, 1.82) is 0 Å². The van der Waals surface area contributed by atoms with Crippen molar-refractivity contribution in [2.75, 3.05) is 19.5 Å². The lowest BCUT2D eigenvalue weighted by atomic mass is 10.2. The number of carbonyl (C=O) groups is 1. The first kappa shape index (κ1) is 18.5. The smallest absolute Gasteiger partial charge is 0.248 e. The highest BCUT2D eigenvalue weighted by atomic mass is 35.5. The van der Waals surface area contributed by atoms with Crippen LogP contribution in [0.25, 0.3) is 6.08 Å². The van der Waals surface area contributed by atoms with Gasteiger partial charge in [0.1, 0.15) is 11.5 Å². The van der Waals surface area contributed by atoms with E-state index in [-0.39, 0.29) is 5.91 Å². The van der Waals surface area contributed by atoms with Gasteiger partial charge >= 0.3 is 0 Å². The lowest BCUT2D eigenvalue weighted by Gasteiger charge is -2.12. The third-order valence-electron chi connectivity index (χ3n) is 3.13. The number of halogens is 3. The average Bonchev–Trinajstić information content (AvgIpc) is 2.55. The molecule has 4 nitrogen and oxygen atoms in total. The van der Waals surface area contributed by atoms with Gasteiger partial charge < -0.3 is 14.8 Å². The Morgan fingerprint density at radius 3 is 2.21 bits per heavy atom. The van der Waals surface area contributed by atoms with Crippen LogP contribution in [0.1, 0.15) is 5.56 Å². The minimum absolute atomic E-state index is 0.380. The van der Waals surface area contributed by atoms with Crippen LogP contribution < -0.4 is 14.8 Å². The molecule has 0 heterocycles. The van der Waals surface area contributed by atoms with Gasteiger partial charge in [0.05, 0.1) is 24.9 Å². The Kier molecular flexibility index (Phi) is 6.37. The van der Waals surface area contributed by atoms with E-state index < -0.39 is 0 Å². The second-order valence-corrected chi connectivity index (χ2v) is 5.87. The number of benzene rings is 2. The van der Waals surface area contributed by atoms with Crippen molar-refractivity contribution in [1.82, 2.24) is 0 Å². The molecular weight excluding hydrogens is 373 g/mol. The Balaban J connectivity index is 2.22. The minimum atomic E-state index is -0.381. The SMILES string of the molecule is COc1cc(NC(=O)/C=C/c2c(Cl)cccc2Cl)c(OC)cc1Cl. The number of amides is 1.